The van der Waals surface area contributed by atoms with E-state index in [-0.39, 0.29) is 0 Å². The van der Waals surface area contributed by atoms with Crippen molar-refractivity contribution in [2.24, 2.45) is 21.8 Å². The fraction of sp³-hybridized carbons (Fsp3) is 0.500. The van der Waals surface area contributed by atoms with Crippen LogP contribution >= 0.6 is 0 Å². The molecule has 2 aromatic rings. The molecule has 0 bridgehead atoms. The molecule has 4 rings (SSSR count). The number of aryl methyl sites for hydroxylation is 2. The molecular formula is C28H38N4. The smallest absolute Gasteiger partial charge is 0.172 e. The Balaban J connectivity index is 1.73. The van der Waals surface area contributed by atoms with E-state index in [9.17, 15) is 0 Å². The van der Waals surface area contributed by atoms with Gasteiger partial charge in [-0.3, -0.25) is 9.98 Å². The largest absolute Gasteiger partial charge is 0.321 e. The van der Waals surface area contributed by atoms with Gasteiger partial charge in [-0.2, -0.15) is 0 Å². The first-order valence-corrected chi connectivity index (χ1v) is 12.1. The molecule has 0 fully saturated rings. The van der Waals surface area contributed by atoms with E-state index in [2.05, 4.69) is 99.9 Å². The molecule has 4 nitrogen and oxygen atoms in total. The first-order valence-electron chi connectivity index (χ1n) is 12.1. The van der Waals surface area contributed by atoms with Crippen LogP contribution in [0.4, 0.5) is 11.4 Å². The minimum atomic E-state index is 0.304. The Morgan fingerprint density at radius 1 is 0.656 bits per heavy atom. The minimum Gasteiger partial charge on any atom is -0.321 e. The molecule has 170 valence electrons. The van der Waals surface area contributed by atoms with Gasteiger partial charge in [0.1, 0.15) is 0 Å². The van der Waals surface area contributed by atoms with Gasteiger partial charge in [-0.1, -0.05) is 63.1 Å². The Kier molecular flexibility index (Phi) is 6.68. The van der Waals surface area contributed by atoms with Gasteiger partial charge in [0.25, 0.3) is 0 Å². The topological polar surface area (TPSA) is 31.2 Å². The Morgan fingerprint density at radius 2 is 1.00 bits per heavy atom. The maximum atomic E-state index is 5.27. The number of hydrogen-bond acceptors (Lipinski definition) is 4. The SMILES string of the molecule is Cc1ccc(N2C[C@@H](CC(C)C)N=C2C2=N[C@@H](CC(C)C)CN2c2ccc(C)cc2)cc1. The fourth-order valence-electron chi connectivity index (χ4n) is 4.77. The monoisotopic (exact) mass is 430 g/mol. The molecule has 2 atom stereocenters. The zero-order valence-electron chi connectivity index (χ0n) is 20.5. The minimum absolute atomic E-state index is 0.304. The summed E-state index contributed by atoms with van der Waals surface area (Å²) in [4.78, 5) is 15.3. The van der Waals surface area contributed by atoms with Gasteiger partial charge in [0.15, 0.2) is 11.7 Å². The number of nitrogens with zero attached hydrogens (tertiary/aromatic N) is 4. The summed E-state index contributed by atoms with van der Waals surface area (Å²) in [5.74, 6) is 3.31. The second kappa shape index (κ2) is 9.48. The molecule has 0 radical (unpaired) electrons. The van der Waals surface area contributed by atoms with Crippen molar-refractivity contribution in [1.29, 1.82) is 0 Å². The average Bonchev–Trinajstić information content (AvgIpc) is 3.32. The van der Waals surface area contributed by atoms with Crippen LogP contribution in [0, 0.1) is 25.7 Å². The molecule has 0 spiro atoms. The standard InChI is InChI=1S/C28H38N4/c1-19(2)15-23-17-31(25-11-7-21(5)8-12-25)27(29-23)28-30-24(16-20(3)4)18-32(28)26-13-9-22(6)10-14-26/h7-14,19-20,23-24H,15-18H2,1-6H3/t23-,24+. The van der Waals surface area contributed by atoms with E-state index in [1.54, 1.807) is 0 Å². The van der Waals surface area contributed by atoms with E-state index in [4.69, 9.17) is 9.98 Å². The molecule has 0 aromatic heterocycles. The van der Waals surface area contributed by atoms with Gasteiger partial charge in [-0.15, -0.1) is 0 Å². The third-order valence-corrected chi connectivity index (χ3v) is 6.29. The lowest BCUT2D eigenvalue weighted by atomic mass is 10.0. The number of rotatable bonds is 7. The van der Waals surface area contributed by atoms with Gasteiger partial charge in [-0.05, 0) is 62.8 Å². The first-order chi connectivity index (χ1) is 15.3. The van der Waals surface area contributed by atoms with Gasteiger partial charge in [0, 0.05) is 24.5 Å². The molecule has 2 aliphatic heterocycles. The van der Waals surface area contributed by atoms with Crippen LogP contribution in [0.5, 0.6) is 0 Å². The van der Waals surface area contributed by atoms with E-state index in [1.165, 1.54) is 22.5 Å². The Bertz CT molecular complexity index is 888. The lowest BCUT2D eigenvalue weighted by Crippen LogP contribution is -2.42. The van der Waals surface area contributed by atoms with Crippen LogP contribution in [-0.2, 0) is 0 Å². The Hall–Kier alpha value is -2.62. The van der Waals surface area contributed by atoms with Gasteiger partial charge < -0.3 is 9.80 Å². The quantitative estimate of drug-likeness (QED) is 0.518. The zero-order chi connectivity index (χ0) is 22.8. The second-order valence-corrected chi connectivity index (χ2v) is 10.4. The van der Waals surface area contributed by atoms with E-state index >= 15 is 0 Å². The molecule has 2 aliphatic rings. The molecule has 0 saturated heterocycles. The van der Waals surface area contributed by atoms with E-state index < -0.39 is 0 Å². The van der Waals surface area contributed by atoms with Crippen molar-refractivity contribution >= 4 is 23.0 Å². The third-order valence-electron chi connectivity index (χ3n) is 6.29. The maximum absolute atomic E-state index is 5.27. The molecule has 0 saturated carbocycles. The molecule has 2 heterocycles. The molecule has 32 heavy (non-hydrogen) atoms. The first kappa shape index (κ1) is 22.6. The predicted molar refractivity (Wildman–Crippen MR) is 138 cm³/mol. The van der Waals surface area contributed by atoms with Crippen LogP contribution < -0.4 is 9.80 Å². The van der Waals surface area contributed by atoms with E-state index in [0.717, 1.165) is 37.6 Å². The highest BCUT2D eigenvalue weighted by atomic mass is 15.4. The van der Waals surface area contributed by atoms with Crippen molar-refractivity contribution in [3.63, 3.8) is 0 Å². The Morgan fingerprint density at radius 3 is 1.31 bits per heavy atom. The highest BCUT2D eigenvalue weighted by Gasteiger charge is 2.37. The van der Waals surface area contributed by atoms with Crippen LogP contribution in [0.3, 0.4) is 0 Å². The molecule has 0 aliphatic carbocycles. The predicted octanol–water partition coefficient (Wildman–Crippen LogP) is 6.27. The van der Waals surface area contributed by atoms with Crippen LogP contribution in [0.2, 0.25) is 0 Å². The van der Waals surface area contributed by atoms with Crippen molar-refractivity contribution in [3.8, 4) is 0 Å². The van der Waals surface area contributed by atoms with Crippen molar-refractivity contribution in [1.82, 2.24) is 0 Å². The third kappa shape index (κ3) is 5.06. The van der Waals surface area contributed by atoms with Crippen LogP contribution in [0.15, 0.2) is 58.5 Å². The molecule has 4 heteroatoms. The summed E-state index contributed by atoms with van der Waals surface area (Å²) in [6.45, 7) is 15.3. The summed E-state index contributed by atoms with van der Waals surface area (Å²) in [5.41, 5.74) is 4.97. The van der Waals surface area contributed by atoms with Crippen molar-refractivity contribution in [2.45, 2.75) is 66.5 Å². The van der Waals surface area contributed by atoms with Crippen molar-refractivity contribution in [2.75, 3.05) is 22.9 Å². The summed E-state index contributed by atoms with van der Waals surface area (Å²) in [6.07, 6.45) is 2.19. The normalized spacial score (nSPS) is 21.0. The summed E-state index contributed by atoms with van der Waals surface area (Å²) >= 11 is 0. The van der Waals surface area contributed by atoms with Crippen LogP contribution in [0.1, 0.15) is 51.7 Å². The molecule has 2 aromatic carbocycles. The summed E-state index contributed by atoms with van der Waals surface area (Å²) in [5, 5.41) is 0. The van der Waals surface area contributed by atoms with Crippen molar-refractivity contribution in [3.05, 3.63) is 59.7 Å². The van der Waals surface area contributed by atoms with Crippen LogP contribution in [-0.4, -0.2) is 36.8 Å². The fourth-order valence-corrected chi connectivity index (χ4v) is 4.77. The number of benzene rings is 2. The van der Waals surface area contributed by atoms with E-state index in [0.29, 0.717) is 23.9 Å². The van der Waals surface area contributed by atoms with Gasteiger partial charge in [0.2, 0.25) is 0 Å². The summed E-state index contributed by atoms with van der Waals surface area (Å²) < 4.78 is 0. The summed E-state index contributed by atoms with van der Waals surface area (Å²) in [6, 6.07) is 18.3. The lowest BCUT2D eigenvalue weighted by molar-refractivity contribution is 0.514. The second-order valence-electron chi connectivity index (χ2n) is 10.4. The highest BCUT2D eigenvalue weighted by molar-refractivity contribution is 6.50. The molecular weight excluding hydrogens is 392 g/mol. The van der Waals surface area contributed by atoms with Gasteiger partial charge >= 0.3 is 0 Å². The molecule has 0 unspecified atom stereocenters. The molecule has 0 amide bonds. The number of hydrogen-bond donors (Lipinski definition) is 0. The number of amidine groups is 2. The van der Waals surface area contributed by atoms with Crippen molar-refractivity contribution < 1.29 is 0 Å². The number of aliphatic imine (C=N–C) groups is 2. The van der Waals surface area contributed by atoms with Gasteiger partial charge in [-0.25, -0.2) is 0 Å². The molecule has 0 N–H and O–H groups in total. The highest BCUT2D eigenvalue weighted by Crippen LogP contribution is 2.30. The maximum Gasteiger partial charge on any atom is 0.172 e. The van der Waals surface area contributed by atoms with Crippen LogP contribution in [0.25, 0.3) is 0 Å². The number of anilines is 2. The van der Waals surface area contributed by atoms with E-state index in [1.807, 2.05) is 0 Å². The van der Waals surface area contributed by atoms with Gasteiger partial charge in [0.05, 0.1) is 12.1 Å². The Labute approximate surface area is 194 Å². The lowest BCUT2D eigenvalue weighted by Gasteiger charge is -2.27. The zero-order valence-corrected chi connectivity index (χ0v) is 20.5. The average molecular weight is 431 g/mol. The summed E-state index contributed by atoms with van der Waals surface area (Å²) in [7, 11) is 0.